The van der Waals surface area contributed by atoms with Crippen LogP contribution in [0.1, 0.15) is 38.7 Å². The molecule has 1 aromatic rings. The first-order valence-electron chi connectivity index (χ1n) is 7.06. The summed E-state index contributed by atoms with van der Waals surface area (Å²) in [5.74, 6) is 2.02. The van der Waals surface area contributed by atoms with Crippen LogP contribution in [0.2, 0.25) is 0 Å². The molecule has 0 fully saturated rings. The molecule has 0 radical (unpaired) electrons. The van der Waals surface area contributed by atoms with Gasteiger partial charge < -0.3 is 5.32 Å². The highest BCUT2D eigenvalue weighted by molar-refractivity contribution is 7.99. The number of hydrogen-bond acceptors (Lipinski definition) is 2. The minimum atomic E-state index is 0.625. The first-order valence-corrected chi connectivity index (χ1v) is 8.04. The third-order valence-electron chi connectivity index (χ3n) is 3.62. The van der Waals surface area contributed by atoms with E-state index >= 15 is 0 Å². The van der Waals surface area contributed by atoms with Gasteiger partial charge in [0.2, 0.25) is 0 Å². The molecule has 0 saturated carbocycles. The van der Waals surface area contributed by atoms with E-state index in [9.17, 15) is 0 Å². The fraction of sp³-hybridized carbons (Fsp3) is 0.625. The standard InChI is InChI=1S/C16H27NS/c1-5-14(6-2)11-15(17-4)12-18-16-9-7-8-13(3)10-16/h7-10,14-15,17H,5-6,11-12H2,1-4H3. The van der Waals surface area contributed by atoms with Crippen molar-refractivity contribution in [3.8, 4) is 0 Å². The normalized spacial score (nSPS) is 12.9. The Morgan fingerprint density at radius 3 is 2.50 bits per heavy atom. The minimum Gasteiger partial charge on any atom is -0.316 e. The van der Waals surface area contributed by atoms with Gasteiger partial charge in [-0.2, -0.15) is 0 Å². The van der Waals surface area contributed by atoms with Gasteiger partial charge >= 0.3 is 0 Å². The molecule has 0 heterocycles. The molecule has 2 heteroatoms. The highest BCUT2D eigenvalue weighted by Gasteiger charge is 2.12. The Kier molecular flexibility index (Phi) is 7.45. The van der Waals surface area contributed by atoms with E-state index < -0.39 is 0 Å². The van der Waals surface area contributed by atoms with Gasteiger partial charge in [0.15, 0.2) is 0 Å². The Morgan fingerprint density at radius 1 is 1.22 bits per heavy atom. The van der Waals surface area contributed by atoms with Crippen molar-refractivity contribution in [1.29, 1.82) is 0 Å². The third kappa shape index (κ3) is 5.45. The van der Waals surface area contributed by atoms with Gasteiger partial charge in [-0.05, 0) is 38.4 Å². The summed E-state index contributed by atoms with van der Waals surface area (Å²) in [7, 11) is 2.09. The lowest BCUT2D eigenvalue weighted by atomic mass is 9.95. The molecular weight excluding hydrogens is 238 g/mol. The number of nitrogens with one attached hydrogen (secondary N) is 1. The monoisotopic (exact) mass is 265 g/mol. The van der Waals surface area contributed by atoms with Crippen molar-refractivity contribution in [3.63, 3.8) is 0 Å². The lowest BCUT2D eigenvalue weighted by Crippen LogP contribution is -2.30. The van der Waals surface area contributed by atoms with Crippen molar-refractivity contribution in [3.05, 3.63) is 29.8 Å². The Bertz CT molecular complexity index is 334. The van der Waals surface area contributed by atoms with Crippen LogP contribution in [-0.2, 0) is 0 Å². The van der Waals surface area contributed by atoms with Gasteiger partial charge in [-0.3, -0.25) is 0 Å². The second-order valence-electron chi connectivity index (χ2n) is 5.03. The largest absolute Gasteiger partial charge is 0.316 e. The SMILES string of the molecule is CCC(CC)CC(CSc1cccc(C)c1)NC. The summed E-state index contributed by atoms with van der Waals surface area (Å²) >= 11 is 1.97. The lowest BCUT2D eigenvalue weighted by Gasteiger charge is -2.21. The van der Waals surface area contributed by atoms with Gasteiger partial charge in [0.25, 0.3) is 0 Å². The molecular formula is C16H27NS. The van der Waals surface area contributed by atoms with Crippen molar-refractivity contribution in [2.45, 2.75) is 51.0 Å². The van der Waals surface area contributed by atoms with Crippen LogP contribution in [0.3, 0.4) is 0 Å². The van der Waals surface area contributed by atoms with E-state index in [-0.39, 0.29) is 0 Å². The summed E-state index contributed by atoms with van der Waals surface area (Å²) < 4.78 is 0. The van der Waals surface area contributed by atoms with Crippen molar-refractivity contribution in [2.75, 3.05) is 12.8 Å². The summed E-state index contributed by atoms with van der Waals surface area (Å²) in [6, 6.07) is 9.41. The van der Waals surface area contributed by atoms with Crippen LogP contribution in [0.15, 0.2) is 29.2 Å². The predicted molar refractivity (Wildman–Crippen MR) is 83.4 cm³/mol. The van der Waals surface area contributed by atoms with E-state index in [0.29, 0.717) is 6.04 Å². The number of thioether (sulfide) groups is 1. The van der Waals surface area contributed by atoms with Crippen LogP contribution >= 0.6 is 11.8 Å². The molecule has 1 aromatic carbocycles. The maximum absolute atomic E-state index is 3.47. The van der Waals surface area contributed by atoms with Crippen molar-refractivity contribution in [2.24, 2.45) is 5.92 Å². The average molecular weight is 265 g/mol. The van der Waals surface area contributed by atoms with Crippen molar-refractivity contribution >= 4 is 11.8 Å². The Balaban J connectivity index is 2.44. The quantitative estimate of drug-likeness (QED) is 0.694. The smallest absolute Gasteiger partial charge is 0.0161 e. The highest BCUT2D eigenvalue weighted by atomic mass is 32.2. The molecule has 1 atom stereocenters. The number of hydrogen-bond donors (Lipinski definition) is 1. The number of rotatable bonds is 8. The lowest BCUT2D eigenvalue weighted by molar-refractivity contribution is 0.397. The molecule has 0 aliphatic rings. The van der Waals surface area contributed by atoms with Gasteiger partial charge in [0.1, 0.15) is 0 Å². The van der Waals surface area contributed by atoms with Gasteiger partial charge in [-0.15, -0.1) is 11.8 Å². The van der Waals surface area contributed by atoms with Crippen LogP contribution in [0.4, 0.5) is 0 Å². The first kappa shape index (κ1) is 15.6. The molecule has 1 N–H and O–H groups in total. The third-order valence-corrected chi connectivity index (χ3v) is 4.78. The van der Waals surface area contributed by atoms with Crippen LogP contribution in [0, 0.1) is 12.8 Å². The topological polar surface area (TPSA) is 12.0 Å². The molecule has 1 rings (SSSR count). The second kappa shape index (κ2) is 8.60. The fourth-order valence-electron chi connectivity index (χ4n) is 2.20. The number of benzene rings is 1. The minimum absolute atomic E-state index is 0.625. The molecule has 0 aliphatic heterocycles. The molecule has 0 spiro atoms. The van der Waals surface area contributed by atoms with E-state index in [1.54, 1.807) is 0 Å². The molecule has 0 aromatic heterocycles. The summed E-state index contributed by atoms with van der Waals surface area (Å²) in [6.45, 7) is 6.76. The summed E-state index contributed by atoms with van der Waals surface area (Å²) in [5, 5.41) is 3.47. The molecule has 102 valence electrons. The molecule has 1 unspecified atom stereocenters. The maximum atomic E-state index is 3.47. The van der Waals surface area contributed by atoms with E-state index in [1.807, 2.05) is 11.8 Å². The van der Waals surface area contributed by atoms with Gasteiger partial charge in [-0.25, -0.2) is 0 Å². The van der Waals surface area contributed by atoms with Crippen molar-refractivity contribution in [1.82, 2.24) is 5.32 Å². The Labute approximate surface area is 117 Å². The molecule has 0 bridgehead atoms. The van der Waals surface area contributed by atoms with E-state index in [4.69, 9.17) is 0 Å². The summed E-state index contributed by atoms with van der Waals surface area (Å²) in [6.07, 6.45) is 3.88. The molecule has 0 saturated heterocycles. The van der Waals surface area contributed by atoms with Crippen LogP contribution in [-0.4, -0.2) is 18.8 Å². The Morgan fingerprint density at radius 2 is 1.94 bits per heavy atom. The van der Waals surface area contributed by atoms with Gasteiger partial charge in [0, 0.05) is 16.7 Å². The molecule has 0 aliphatic carbocycles. The zero-order valence-electron chi connectivity index (χ0n) is 12.2. The van der Waals surface area contributed by atoms with Crippen LogP contribution in [0.5, 0.6) is 0 Å². The molecule has 1 nitrogen and oxygen atoms in total. The zero-order chi connectivity index (χ0) is 13.4. The first-order chi connectivity index (χ1) is 8.69. The zero-order valence-corrected chi connectivity index (χ0v) is 13.0. The highest BCUT2D eigenvalue weighted by Crippen LogP contribution is 2.23. The van der Waals surface area contributed by atoms with Crippen LogP contribution in [0.25, 0.3) is 0 Å². The van der Waals surface area contributed by atoms with Crippen LogP contribution < -0.4 is 5.32 Å². The fourth-order valence-corrected chi connectivity index (χ4v) is 3.34. The molecule has 18 heavy (non-hydrogen) atoms. The van der Waals surface area contributed by atoms with Gasteiger partial charge in [0.05, 0.1) is 0 Å². The van der Waals surface area contributed by atoms with E-state index in [1.165, 1.54) is 29.7 Å². The van der Waals surface area contributed by atoms with Gasteiger partial charge in [-0.1, -0.05) is 44.4 Å². The predicted octanol–water partition coefficient (Wildman–Crippen LogP) is 4.50. The Hall–Kier alpha value is -0.470. The number of aryl methyl sites for hydroxylation is 1. The van der Waals surface area contributed by atoms with E-state index in [0.717, 1.165) is 11.7 Å². The average Bonchev–Trinajstić information content (AvgIpc) is 2.39. The molecule has 0 amide bonds. The van der Waals surface area contributed by atoms with Crippen molar-refractivity contribution < 1.29 is 0 Å². The summed E-state index contributed by atoms with van der Waals surface area (Å²) in [4.78, 5) is 1.39. The maximum Gasteiger partial charge on any atom is 0.0161 e. The summed E-state index contributed by atoms with van der Waals surface area (Å²) in [5.41, 5.74) is 1.35. The van der Waals surface area contributed by atoms with E-state index in [2.05, 4.69) is 57.4 Å². The second-order valence-corrected chi connectivity index (χ2v) is 6.12.